The maximum atomic E-state index is 13.0. The number of amides is 1. The number of halogens is 3. The predicted molar refractivity (Wildman–Crippen MR) is 107 cm³/mol. The van der Waals surface area contributed by atoms with Crippen LogP contribution in [0.15, 0.2) is 4.42 Å². The van der Waals surface area contributed by atoms with E-state index in [0.29, 0.717) is 38.4 Å². The topological polar surface area (TPSA) is 110 Å². The van der Waals surface area contributed by atoms with Crippen LogP contribution >= 0.6 is 0 Å². The van der Waals surface area contributed by atoms with Gasteiger partial charge in [0.15, 0.2) is 0 Å². The molecular weight excluding hydrogens is 443 g/mol. The molecule has 0 saturated carbocycles. The van der Waals surface area contributed by atoms with Gasteiger partial charge in [0, 0.05) is 38.0 Å². The highest BCUT2D eigenvalue weighted by Crippen LogP contribution is 2.29. The summed E-state index contributed by atoms with van der Waals surface area (Å²) in [5.41, 5.74) is -0.393. The van der Waals surface area contributed by atoms with Crippen LogP contribution in [0.4, 0.5) is 13.2 Å². The Morgan fingerprint density at radius 2 is 1.82 bits per heavy atom. The molecular formula is C20H26F3N7O3. The third-order valence-corrected chi connectivity index (χ3v) is 5.88. The molecule has 10 nitrogen and oxygen atoms in total. The number of rotatable bonds is 5. The van der Waals surface area contributed by atoms with Crippen LogP contribution in [0.3, 0.4) is 0 Å². The van der Waals surface area contributed by atoms with Crippen LogP contribution in [0.2, 0.25) is 0 Å². The average molecular weight is 469 g/mol. The number of likely N-dealkylation sites (tertiary alicyclic amines) is 1. The third kappa shape index (κ3) is 4.77. The van der Waals surface area contributed by atoms with Gasteiger partial charge in [-0.3, -0.25) is 14.5 Å². The van der Waals surface area contributed by atoms with Gasteiger partial charge < -0.3 is 13.9 Å². The van der Waals surface area contributed by atoms with Crippen molar-refractivity contribution in [2.75, 3.05) is 19.6 Å². The number of fused-ring (bicyclic) bond motifs is 1. The molecule has 4 heterocycles. The lowest BCUT2D eigenvalue weighted by Gasteiger charge is -2.29. The van der Waals surface area contributed by atoms with Gasteiger partial charge in [0.2, 0.25) is 23.4 Å². The second kappa shape index (κ2) is 8.50. The molecule has 0 aromatic carbocycles. The third-order valence-electron chi connectivity index (χ3n) is 5.88. The Hall–Kier alpha value is -2.83. The van der Waals surface area contributed by atoms with Gasteiger partial charge in [0.25, 0.3) is 5.89 Å². The summed E-state index contributed by atoms with van der Waals surface area (Å²) in [5, 5.41) is 14.7. The number of carbonyl (C=O) groups is 2. The maximum Gasteiger partial charge on any atom is 0.451 e. The van der Waals surface area contributed by atoms with E-state index in [1.807, 2.05) is 25.7 Å². The van der Waals surface area contributed by atoms with Crippen LogP contribution in [-0.4, -0.2) is 72.1 Å². The van der Waals surface area contributed by atoms with E-state index in [0.717, 1.165) is 4.57 Å². The fourth-order valence-corrected chi connectivity index (χ4v) is 4.11. The second-order valence-electron chi connectivity index (χ2n) is 9.39. The van der Waals surface area contributed by atoms with Gasteiger partial charge in [-0.15, -0.1) is 20.4 Å². The summed E-state index contributed by atoms with van der Waals surface area (Å²) < 4.78 is 45.6. The quantitative estimate of drug-likeness (QED) is 0.612. The SMILES string of the molecule is CC(C)(C)c1nnc(C(=O)C2CCCN2C(=O)CCN2CCn3c(nnc3C(F)(F)F)C2)o1. The second-order valence-corrected chi connectivity index (χ2v) is 9.39. The standard InChI is InChI=1S/C20H26F3N7O3/c1-19(2,3)18-27-25-16(33-18)15(32)12-5-4-7-29(12)14(31)6-8-28-9-10-30-13(11-28)24-26-17(30)20(21,22)23/h12H,4-11H2,1-3H3. The zero-order valence-electron chi connectivity index (χ0n) is 18.7. The molecule has 2 aromatic rings. The van der Waals surface area contributed by atoms with Gasteiger partial charge in [-0.2, -0.15) is 13.2 Å². The first-order chi connectivity index (χ1) is 15.4. The first kappa shape index (κ1) is 23.3. The first-order valence-corrected chi connectivity index (χ1v) is 10.8. The molecule has 1 amide bonds. The summed E-state index contributed by atoms with van der Waals surface area (Å²) in [7, 11) is 0. The Labute approximate surface area is 188 Å². The monoisotopic (exact) mass is 469 g/mol. The molecule has 13 heteroatoms. The number of hydrogen-bond donors (Lipinski definition) is 0. The minimum atomic E-state index is -4.55. The van der Waals surface area contributed by atoms with Crippen LogP contribution < -0.4 is 0 Å². The molecule has 0 N–H and O–H groups in total. The highest BCUT2D eigenvalue weighted by atomic mass is 19.4. The van der Waals surface area contributed by atoms with E-state index in [9.17, 15) is 22.8 Å². The Balaban J connectivity index is 1.35. The maximum absolute atomic E-state index is 13.0. The summed E-state index contributed by atoms with van der Waals surface area (Å²) in [6, 6.07) is -0.649. The molecule has 1 atom stereocenters. The van der Waals surface area contributed by atoms with Gasteiger partial charge >= 0.3 is 6.18 Å². The summed E-state index contributed by atoms with van der Waals surface area (Å²) in [6.45, 7) is 7.12. The summed E-state index contributed by atoms with van der Waals surface area (Å²) in [5.74, 6) is -1.07. The molecule has 1 unspecified atom stereocenters. The molecule has 4 rings (SSSR count). The fourth-order valence-electron chi connectivity index (χ4n) is 4.11. The molecule has 180 valence electrons. The van der Waals surface area contributed by atoms with Crippen LogP contribution in [0, 0.1) is 0 Å². The predicted octanol–water partition coefficient (Wildman–Crippen LogP) is 2.06. The Morgan fingerprint density at radius 3 is 2.48 bits per heavy atom. The van der Waals surface area contributed by atoms with Crippen molar-refractivity contribution in [3.05, 3.63) is 23.4 Å². The highest BCUT2D eigenvalue weighted by Gasteiger charge is 2.40. The molecule has 33 heavy (non-hydrogen) atoms. The van der Waals surface area contributed by atoms with Crippen molar-refractivity contribution >= 4 is 11.7 Å². The van der Waals surface area contributed by atoms with E-state index in [2.05, 4.69) is 20.4 Å². The van der Waals surface area contributed by atoms with Gasteiger partial charge in [0.05, 0.1) is 6.54 Å². The molecule has 2 aliphatic heterocycles. The molecule has 0 spiro atoms. The van der Waals surface area contributed by atoms with E-state index >= 15 is 0 Å². The minimum absolute atomic E-state index is 0.0968. The summed E-state index contributed by atoms with van der Waals surface area (Å²) in [4.78, 5) is 29.2. The Morgan fingerprint density at radius 1 is 1.06 bits per heavy atom. The van der Waals surface area contributed by atoms with E-state index in [1.165, 1.54) is 4.90 Å². The highest BCUT2D eigenvalue weighted by molar-refractivity contribution is 5.98. The number of ketones is 1. The summed E-state index contributed by atoms with van der Waals surface area (Å²) in [6.07, 6.45) is -3.20. The van der Waals surface area contributed by atoms with Crippen molar-refractivity contribution in [3.63, 3.8) is 0 Å². The van der Waals surface area contributed by atoms with Crippen molar-refractivity contribution in [1.29, 1.82) is 0 Å². The van der Waals surface area contributed by atoms with Crippen molar-refractivity contribution in [2.24, 2.45) is 0 Å². The van der Waals surface area contributed by atoms with Crippen LogP contribution in [-0.2, 0) is 29.5 Å². The van der Waals surface area contributed by atoms with Crippen LogP contribution in [0.5, 0.6) is 0 Å². The average Bonchev–Trinajstić information content (AvgIpc) is 3.49. The smallest absolute Gasteiger partial charge is 0.418 e. The van der Waals surface area contributed by atoms with Gasteiger partial charge in [-0.25, -0.2) is 0 Å². The number of Topliss-reactive ketones (excluding diaryl/α,β-unsaturated/α-hetero) is 1. The van der Waals surface area contributed by atoms with E-state index in [-0.39, 0.29) is 42.9 Å². The number of carbonyl (C=O) groups excluding carboxylic acids is 2. The van der Waals surface area contributed by atoms with Crippen molar-refractivity contribution in [3.8, 4) is 0 Å². The lowest BCUT2D eigenvalue weighted by molar-refractivity contribution is -0.148. The Bertz CT molecular complexity index is 1040. The summed E-state index contributed by atoms with van der Waals surface area (Å²) >= 11 is 0. The van der Waals surface area contributed by atoms with Gasteiger partial charge in [-0.05, 0) is 12.8 Å². The zero-order valence-corrected chi connectivity index (χ0v) is 18.7. The lowest BCUT2D eigenvalue weighted by Crippen LogP contribution is -2.43. The van der Waals surface area contributed by atoms with Gasteiger partial charge in [0.1, 0.15) is 11.9 Å². The van der Waals surface area contributed by atoms with Crippen molar-refractivity contribution in [1.82, 2.24) is 34.8 Å². The number of alkyl halides is 3. The number of hydrogen-bond acceptors (Lipinski definition) is 8. The number of aromatic nitrogens is 5. The number of nitrogens with zero attached hydrogens (tertiary/aromatic N) is 7. The molecule has 0 bridgehead atoms. The lowest BCUT2D eigenvalue weighted by atomic mass is 9.97. The van der Waals surface area contributed by atoms with E-state index in [4.69, 9.17) is 4.42 Å². The van der Waals surface area contributed by atoms with Crippen LogP contribution in [0.1, 0.15) is 68.3 Å². The zero-order chi connectivity index (χ0) is 24.0. The fraction of sp³-hybridized carbons (Fsp3) is 0.700. The molecule has 2 aliphatic rings. The van der Waals surface area contributed by atoms with Crippen molar-refractivity contribution < 1.29 is 27.2 Å². The van der Waals surface area contributed by atoms with Crippen molar-refractivity contribution in [2.45, 2.75) is 70.8 Å². The molecule has 2 aromatic heterocycles. The van der Waals surface area contributed by atoms with Crippen LogP contribution in [0.25, 0.3) is 0 Å². The molecule has 0 radical (unpaired) electrons. The van der Waals surface area contributed by atoms with Gasteiger partial charge in [-0.1, -0.05) is 20.8 Å². The van der Waals surface area contributed by atoms with E-state index in [1.54, 1.807) is 0 Å². The minimum Gasteiger partial charge on any atom is -0.418 e. The van der Waals surface area contributed by atoms with E-state index < -0.39 is 23.5 Å². The largest absolute Gasteiger partial charge is 0.451 e. The molecule has 0 aliphatic carbocycles. The molecule has 1 saturated heterocycles. The normalized spacial score (nSPS) is 19.7. The molecule has 1 fully saturated rings. The first-order valence-electron chi connectivity index (χ1n) is 10.8. The Kier molecular flexibility index (Phi) is 6.01.